The molecule has 1 unspecified atom stereocenters. The second-order valence-electron chi connectivity index (χ2n) is 10.2. The van der Waals surface area contributed by atoms with Crippen molar-refractivity contribution in [1.82, 2.24) is 0 Å². The fraction of sp³-hybridized carbons (Fsp3) is 0.0588. The average Bonchev–Trinajstić information content (AvgIpc) is 2.94. The minimum absolute atomic E-state index is 0.103. The quantitative estimate of drug-likeness (QED) is 0.235. The summed E-state index contributed by atoms with van der Waals surface area (Å²) in [5.74, 6) is 0.381. The molecule has 4 aliphatic carbocycles. The monoisotopic (exact) mass is 458 g/mol. The van der Waals surface area contributed by atoms with Crippen LogP contribution in [0.4, 0.5) is 0 Å². The van der Waals surface area contributed by atoms with Gasteiger partial charge in [0.2, 0.25) is 0 Å². The molecule has 0 fully saturated rings. The molecule has 2 heteroatoms. The Kier molecular flexibility index (Phi) is 3.21. The first-order valence-electron chi connectivity index (χ1n) is 12.5. The largest absolute Gasteiger partial charge is 0.289 e. The molecule has 0 aromatic heterocycles. The molecule has 0 N–H and O–H groups in total. The molecular formula is C34H18O2. The van der Waals surface area contributed by atoms with Crippen molar-refractivity contribution in [2.24, 2.45) is 0 Å². The molecule has 9 rings (SSSR count). The molecule has 0 heterocycles. The first-order valence-corrected chi connectivity index (χ1v) is 12.5. The van der Waals surface area contributed by atoms with Crippen molar-refractivity contribution in [3.63, 3.8) is 0 Å². The molecular weight excluding hydrogens is 440 g/mol. The Balaban J connectivity index is 1.40. The highest BCUT2D eigenvalue weighted by Gasteiger charge is 2.39. The molecule has 4 aliphatic rings. The Bertz CT molecular complexity index is 1950. The van der Waals surface area contributed by atoms with Gasteiger partial charge < -0.3 is 0 Å². The zero-order valence-electron chi connectivity index (χ0n) is 19.3. The number of carbonyl (C=O) groups is 2. The molecule has 5 aromatic rings. The second-order valence-corrected chi connectivity index (χ2v) is 10.2. The molecule has 2 nitrogen and oxygen atoms in total. The molecule has 36 heavy (non-hydrogen) atoms. The number of carbonyl (C=O) groups excluding carboxylic acids is 2. The minimum Gasteiger partial charge on any atom is -0.289 e. The van der Waals surface area contributed by atoms with E-state index in [0.717, 1.165) is 56.3 Å². The van der Waals surface area contributed by atoms with E-state index in [1.54, 1.807) is 0 Å². The van der Waals surface area contributed by atoms with E-state index < -0.39 is 0 Å². The molecule has 1 atom stereocenters. The number of fused-ring (bicyclic) bond motifs is 6. The molecule has 0 bridgehead atoms. The van der Waals surface area contributed by atoms with Crippen LogP contribution in [0.3, 0.4) is 0 Å². The normalized spacial score (nSPS) is 17.3. The molecule has 0 saturated heterocycles. The summed E-state index contributed by atoms with van der Waals surface area (Å²) < 4.78 is 0. The first-order chi connectivity index (χ1) is 17.7. The second kappa shape index (κ2) is 6.16. The Morgan fingerprint density at radius 3 is 1.89 bits per heavy atom. The van der Waals surface area contributed by atoms with Crippen LogP contribution < -0.4 is 0 Å². The number of rotatable bonds is 0. The number of hydrogen-bond donors (Lipinski definition) is 0. The van der Waals surface area contributed by atoms with Crippen LogP contribution in [-0.4, -0.2) is 11.6 Å². The van der Waals surface area contributed by atoms with Crippen LogP contribution >= 0.6 is 0 Å². The van der Waals surface area contributed by atoms with Crippen LogP contribution in [0, 0.1) is 0 Å². The SMILES string of the molecule is O=C1c2ccccc2C2=CCC3c4c(ccc1c42)-c1ccc2c4c(ccc3c14)C(=O)c1ccccc1-2. The highest BCUT2D eigenvalue weighted by Crippen LogP contribution is 2.56. The van der Waals surface area contributed by atoms with Crippen molar-refractivity contribution in [1.29, 1.82) is 0 Å². The van der Waals surface area contributed by atoms with Gasteiger partial charge in [0.15, 0.2) is 11.6 Å². The van der Waals surface area contributed by atoms with E-state index in [-0.39, 0.29) is 17.5 Å². The standard InChI is InChI=1S/C34H18O2/c35-33-25-7-3-1-5-17(25)19-9-11-21-24-14-16-28-32-20(18-6-2-4-8-26(18)34(28)36)10-12-22(30(24)32)23-13-15-27(33)31(19)29(21)23/h1-11,13-16,22H,12H2. The summed E-state index contributed by atoms with van der Waals surface area (Å²) in [6, 6.07) is 28.7. The van der Waals surface area contributed by atoms with Crippen molar-refractivity contribution < 1.29 is 9.59 Å². The minimum atomic E-state index is 0.103. The Morgan fingerprint density at radius 2 is 1.08 bits per heavy atom. The molecule has 0 radical (unpaired) electrons. The molecule has 0 saturated carbocycles. The number of ketones is 2. The van der Waals surface area contributed by atoms with Crippen molar-refractivity contribution in [2.75, 3.05) is 0 Å². The van der Waals surface area contributed by atoms with Crippen LogP contribution in [0.25, 0.3) is 38.6 Å². The maximum Gasteiger partial charge on any atom is 0.194 e. The maximum atomic E-state index is 13.5. The lowest BCUT2D eigenvalue weighted by Crippen LogP contribution is -2.23. The van der Waals surface area contributed by atoms with E-state index in [1.165, 1.54) is 33.2 Å². The third kappa shape index (κ3) is 1.99. The van der Waals surface area contributed by atoms with Gasteiger partial charge in [-0.05, 0) is 68.0 Å². The van der Waals surface area contributed by atoms with Crippen molar-refractivity contribution in [3.8, 4) is 22.3 Å². The van der Waals surface area contributed by atoms with Gasteiger partial charge in [0.1, 0.15) is 0 Å². The van der Waals surface area contributed by atoms with Gasteiger partial charge in [-0.1, -0.05) is 84.9 Å². The Hall–Kier alpha value is -4.56. The summed E-state index contributed by atoms with van der Waals surface area (Å²) >= 11 is 0. The Morgan fingerprint density at radius 1 is 0.500 bits per heavy atom. The van der Waals surface area contributed by atoms with Crippen molar-refractivity contribution in [3.05, 3.63) is 136 Å². The zero-order chi connectivity index (χ0) is 23.7. The average molecular weight is 459 g/mol. The van der Waals surface area contributed by atoms with Gasteiger partial charge in [0.05, 0.1) is 0 Å². The predicted molar refractivity (Wildman–Crippen MR) is 142 cm³/mol. The number of benzene rings is 5. The van der Waals surface area contributed by atoms with Crippen molar-refractivity contribution in [2.45, 2.75) is 12.3 Å². The zero-order valence-corrected chi connectivity index (χ0v) is 19.3. The van der Waals surface area contributed by atoms with Crippen LogP contribution in [0.2, 0.25) is 0 Å². The Labute approximate surface area is 207 Å². The maximum absolute atomic E-state index is 13.5. The molecule has 0 aliphatic heterocycles. The van der Waals surface area contributed by atoms with Crippen LogP contribution in [-0.2, 0) is 0 Å². The van der Waals surface area contributed by atoms with E-state index in [2.05, 4.69) is 42.5 Å². The number of allylic oxidation sites excluding steroid dienone is 1. The summed E-state index contributed by atoms with van der Waals surface area (Å²) in [5, 5.41) is 2.28. The lowest BCUT2D eigenvalue weighted by molar-refractivity contribution is 0.103. The third-order valence-electron chi connectivity index (χ3n) is 8.69. The smallest absolute Gasteiger partial charge is 0.194 e. The van der Waals surface area contributed by atoms with E-state index in [0.29, 0.717) is 0 Å². The van der Waals surface area contributed by atoms with Gasteiger partial charge in [0.25, 0.3) is 0 Å². The molecule has 0 amide bonds. The van der Waals surface area contributed by atoms with Gasteiger partial charge in [0, 0.05) is 33.6 Å². The summed E-state index contributed by atoms with van der Waals surface area (Å²) in [5.41, 5.74) is 13.6. The number of hydrogen-bond acceptors (Lipinski definition) is 2. The fourth-order valence-electron chi connectivity index (χ4n) is 7.25. The molecule has 0 spiro atoms. The van der Waals surface area contributed by atoms with Crippen LogP contribution in [0.5, 0.6) is 0 Å². The topological polar surface area (TPSA) is 34.1 Å². The van der Waals surface area contributed by atoms with Gasteiger partial charge in [-0.2, -0.15) is 0 Å². The van der Waals surface area contributed by atoms with Gasteiger partial charge in [-0.25, -0.2) is 0 Å². The van der Waals surface area contributed by atoms with E-state index >= 15 is 0 Å². The van der Waals surface area contributed by atoms with E-state index in [9.17, 15) is 9.59 Å². The summed E-state index contributed by atoms with van der Waals surface area (Å²) in [4.78, 5) is 27.1. The van der Waals surface area contributed by atoms with Crippen molar-refractivity contribution >= 4 is 27.9 Å². The summed E-state index contributed by atoms with van der Waals surface area (Å²) in [6.45, 7) is 0. The molecule has 5 aromatic carbocycles. The van der Waals surface area contributed by atoms with E-state index in [1.807, 2.05) is 48.5 Å². The lowest BCUT2D eigenvalue weighted by atomic mass is 9.65. The predicted octanol–water partition coefficient (Wildman–Crippen LogP) is 7.54. The third-order valence-corrected chi connectivity index (χ3v) is 8.69. The van der Waals surface area contributed by atoms with Crippen LogP contribution in [0.15, 0.2) is 91.0 Å². The van der Waals surface area contributed by atoms with E-state index in [4.69, 9.17) is 0 Å². The fourth-order valence-corrected chi connectivity index (χ4v) is 7.25. The summed E-state index contributed by atoms with van der Waals surface area (Å²) in [6.07, 6.45) is 3.20. The van der Waals surface area contributed by atoms with Gasteiger partial charge >= 0.3 is 0 Å². The van der Waals surface area contributed by atoms with Gasteiger partial charge in [-0.15, -0.1) is 0 Å². The highest BCUT2D eigenvalue weighted by molar-refractivity contribution is 6.28. The molecule has 166 valence electrons. The highest BCUT2D eigenvalue weighted by atomic mass is 16.1. The van der Waals surface area contributed by atoms with Crippen LogP contribution in [0.1, 0.15) is 66.4 Å². The lowest BCUT2D eigenvalue weighted by Gasteiger charge is -2.37. The summed E-state index contributed by atoms with van der Waals surface area (Å²) in [7, 11) is 0. The first kappa shape index (κ1) is 18.7. The van der Waals surface area contributed by atoms with Gasteiger partial charge in [-0.3, -0.25) is 9.59 Å².